The Morgan fingerprint density at radius 2 is 1.64 bits per heavy atom. The molecule has 0 fully saturated rings. The maximum absolute atomic E-state index is 12.7. The smallest absolute Gasteiger partial charge is 0.255 e. The minimum atomic E-state index is -0.345. The van der Waals surface area contributed by atoms with Gasteiger partial charge in [-0.15, -0.1) is 11.8 Å². The van der Waals surface area contributed by atoms with Crippen LogP contribution in [0.5, 0.6) is 17.2 Å². The molecule has 0 aliphatic carbocycles. The largest absolute Gasteiger partial charge is 0.494 e. The van der Waals surface area contributed by atoms with Crippen molar-refractivity contribution >= 4 is 35.0 Å². The highest BCUT2D eigenvalue weighted by Crippen LogP contribution is 2.29. The zero-order valence-corrected chi connectivity index (χ0v) is 21.8. The Hall–Kier alpha value is -3.65. The molecule has 0 bridgehead atoms. The highest BCUT2D eigenvalue weighted by molar-refractivity contribution is 8.00. The van der Waals surface area contributed by atoms with Gasteiger partial charge in [-0.05, 0) is 74.0 Å². The van der Waals surface area contributed by atoms with Gasteiger partial charge in [0.05, 0.1) is 26.1 Å². The second kappa shape index (κ2) is 13.4. The molecule has 36 heavy (non-hydrogen) atoms. The highest BCUT2D eigenvalue weighted by Gasteiger charge is 2.16. The van der Waals surface area contributed by atoms with Gasteiger partial charge in [0.25, 0.3) is 5.91 Å². The second-order valence-electron chi connectivity index (χ2n) is 8.03. The van der Waals surface area contributed by atoms with Crippen LogP contribution in [0.2, 0.25) is 0 Å². The summed E-state index contributed by atoms with van der Waals surface area (Å²) in [5.74, 6) is 1.44. The maximum Gasteiger partial charge on any atom is 0.255 e. The molecular weight excluding hydrogens is 476 g/mol. The van der Waals surface area contributed by atoms with Crippen LogP contribution < -0.4 is 24.8 Å². The fourth-order valence-corrected chi connectivity index (χ4v) is 4.22. The number of amides is 2. The molecule has 0 spiro atoms. The standard InChI is InChI=1S/C28H32N2O5S/c1-5-6-16-35-23-13-11-21(12-14-23)29-27(31)19(2)36-24-9-7-8-22(18-24)30-28(32)20-10-15-25(33-3)26(17-20)34-4/h7-15,17-19H,5-6,16H2,1-4H3,(H,29,31)(H,30,32). The fraction of sp³-hybridized carbons (Fsp3) is 0.286. The van der Waals surface area contributed by atoms with Crippen LogP contribution in [-0.2, 0) is 4.79 Å². The topological polar surface area (TPSA) is 85.9 Å². The third-order valence-electron chi connectivity index (χ3n) is 5.31. The lowest BCUT2D eigenvalue weighted by Gasteiger charge is -2.14. The summed E-state index contributed by atoms with van der Waals surface area (Å²) in [5.41, 5.74) is 1.79. The molecule has 1 atom stereocenters. The van der Waals surface area contributed by atoms with E-state index in [1.54, 1.807) is 31.4 Å². The summed E-state index contributed by atoms with van der Waals surface area (Å²) in [5, 5.41) is 5.48. The number of hydrogen-bond donors (Lipinski definition) is 2. The number of nitrogens with one attached hydrogen (secondary N) is 2. The lowest BCUT2D eigenvalue weighted by Crippen LogP contribution is -2.22. The third-order valence-corrected chi connectivity index (χ3v) is 6.40. The van der Waals surface area contributed by atoms with E-state index >= 15 is 0 Å². The zero-order chi connectivity index (χ0) is 25.9. The summed E-state index contributed by atoms with van der Waals surface area (Å²) in [6, 6.07) is 19.8. The van der Waals surface area contributed by atoms with Crippen molar-refractivity contribution in [3.05, 3.63) is 72.3 Å². The van der Waals surface area contributed by atoms with Crippen molar-refractivity contribution in [1.29, 1.82) is 0 Å². The molecule has 0 aromatic heterocycles. The number of methoxy groups -OCH3 is 2. The quantitative estimate of drug-likeness (QED) is 0.222. The SMILES string of the molecule is CCCCOc1ccc(NC(=O)C(C)Sc2cccc(NC(=O)c3ccc(OC)c(OC)c3)c2)cc1. The van der Waals surface area contributed by atoms with Crippen molar-refractivity contribution in [2.24, 2.45) is 0 Å². The van der Waals surface area contributed by atoms with Gasteiger partial charge in [-0.25, -0.2) is 0 Å². The minimum Gasteiger partial charge on any atom is -0.494 e. The van der Waals surface area contributed by atoms with Gasteiger partial charge in [0.15, 0.2) is 11.5 Å². The van der Waals surface area contributed by atoms with E-state index in [9.17, 15) is 9.59 Å². The molecule has 0 saturated heterocycles. The van der Waals surface area contributed by atoms with Gasteiger partial charge in [0, 0.05) is 21.8 Å². The molecule has 8 heteroatoms. The minimum absolute atomic E-state index is 0.112. The first kappa shape index (κ1) is 26.9. The van der Waals surface area contributed by atoms with E-state index in [1.165, 1.54) is 18.9 Å². The average molecular weight is 509 g/mol. The van der Waals surface area contributed by atoms with Crippen LogP contribution >= 0.6 is 11.8 Å². The molecule has 190 valence electrons. The predicted molar refractivity (Wildman–Crippen MR) is 145 cm³/mol. The summed E-state index contributed by atoms with van der Waals surface area (Å²) in [6.07, 6.45) is 2.09. The van der Waals surface area contributed by atoms with E-state index in [1.807, 2.05) is 49.4 Å². The number of carbonyl (C=O) groups is 2. The van der Waals surface area contributed by atoms with Crippen LogP contribution in [0.15, 0.2) is 71.6 Å². The highest BCUT2D eigenvalue weighted by atomic mass is 32.2. The number of carbonyl (C=O) groups excluding carboxylic acids is 2. The lowest BCUT2D eigenvalue weighted by atomic mass is 10.2. The zero-order valence-electron chi connectivity index (χ0n) is 21.0. The number of ether oxygens (including phenoxy) is 3. The number of hydrogen-bond acceptors (Lipinski definition) is 6. The van der Waals surface area contributed by atoms with Gasteiger partial charge >= 0.3 is 0 Å². The molecule has 0 radical (unpaired) electrons. The number of anilines is 2. The van der Waals surface area contributed by atoms with Gasteiger partial charge in [0.1, 0.15) is 5.75 Å². The van der Waals surface area contributed by atoms with Crippen molar-refractivity contribution in [3.63, 3.8) is 0 Å². The van der Waals surface area contributed by atoms with Gasteiger partial charge in [-0.1, -0.05) is 19.4 Å². The number of benzene rings is 3. The first-order chi connectivity index (χ1) is 17.4. The Labute approximate surface area is 216 Å². The molecule has 0 saturated carbocycles. The van der Waals surface area contributed by atoms with Crippen molar-refractivity contribution < 1.29 is 23.8 Å². The number of thioether (sulfide) groups is 1. The monoisotopic (exact) mass is 508 g/mol. The average Bonchev–Trinajstić information content (AvgIpc) is 2.89. The molecule has 3 aromatic rings. The van der Waals surface area contributed by atoms with Gasteiger partial charge in [-0.2, -0.15) is 0 Å². The van der Waals surface area contributed by atoms with E-state index in [4.69, 9.17) is 14.2 Å². The third kappa shape index (κ3) is 7.68. The Morgan fingerprint density at radius 1 is 0.889 bits per heavy atom. The molecule has 3 rings (SSSR count). The van der Waals surface area contributed by atoms with Gasteiger partial charge in [0.2, 0.25) is 5.91 Å². The molecule has 2 N–H and O–H groups in total. The molecule has 0 heterocycles. The van der Waals surface area contributed by atoms with Crippen molar-refractivity contribution in [1.82, 2.24) is 0 Å². The molecule has 1 unspecified atom stereocenters. The first-order valence-corrected chi connectivity index (χ1v) is 12.6. The first-order valence-electron chi connectivity index (χ1n) is 11.8. The van der Waals surface area contributed by atoms with Crippen molar-refractivity contribution in [2.75, 3.05) is 31.5 Å². The summed E-state index contributed by atoms with van der Waals surface area (Å²) < 4.78 is 16.2. The predicted octanol–water partition coefficient (Wildman–Crippen LogP) is 6.25. The van der Waals surface area contributed by atoms with E-state index in [2.05, 4.69) is 17.6 Å². The molecule has 7 nitrogen and oxygen atoms in total. The van der Waals surface area contributed by atoms with Crippen LogP contribution in [0.4, 0.5) is 11.4 Å². The van der Waals surface area contributed by atoms with E-state index in [0.29, 0.717) is 35.0 Å². The van der Waals surface area contributed by atoms with Crippen molar-refractivity contribution in [2.45, 2.75) is 36.8 Å². The summed E-state index contributed by atoms with van der Waals surface area (Å²) in [7, 11) is 3.07. The molecule has 0 aliphatic rings. The molecular formula is C28H32N2O5S. The van der Waals surface area contributed by atoms with E-state index < -0.39 is 0 Å². The van der Waals surface area contributed by atoms with Gasteiger partial charge in [-0.3, -0.25) is 9.59 Å². The normalized spacial score (nSPS) is 11.3. The lowest BCUT2D eigenvalue weighted by molar-refractivity contribution is -0.115. The molecule has 3 aromatic carbocycles. The molecule has 2 amide bonds. The van der Waals surface area contributed by atoms with Crippen LogP contribution in [0.3, 0.4) is 0 Å². The summed E-state index contributed by atoms with van der Waals surface area (Å²) in [4.78, 5) is 26.3. The number of rotatable bonds is 12. The Balaban J connectivity index is 1.57. The van der Waals surface area contributed by atoms with E-state index in [0.717, 1.165) is 23.5 Å². The fourth-order valence-electron chi connectivity index (χ4n) is 3.30. The summed E-state index contributed by atoms with van der Waals surface area (Å²) in [6.45, 7) is 4.65. The molecule has 0 aliphatic heterocycles. The Kier molecular flexibility index (Phi) is 10.1. The van der Waals surface area contributed by atoms with Crippen LogP contribution in [-0.4, -0.2) is 37.9 Å². The van der Waals surface area contributed by atoms with Crippen LogP contribution in [0.25, 0.3) is 0 Å². The van der Waals surface area contributed by atoms with Crippen molar-refractivity contribution in [3.8, 4) is 17.2 Å². The van der Waals surface area contributed by atoms with Crippen LogP contribution in [0.1, 0.15) is 37.0 Å². The Morgan fingerprint density at radius 3 is 2.33 bits per heavy atom. The summed E-state index contributed by atoms with van der Waals surface area (Å²) >= 11 is 1.41. The second-order valence-corrected chi connectivity index (χ2v) is 9.44. The Bertz CT molecular complexity index is 1170. The van der Waals surface area contributed by atoms with E-state index in [-0.39, 0.29) is 17.1 Å². The number of unbranched alkanes of at least 4 members (excludes halogenated alkanes) is 1. The van der Waals surface area contributed by atoms with Crippen LogP contribution in [0, 0.1) is 0 Å². The maximum atomic E-state index is 12.7. The van der Waals surface area contributed by atoms with Gasteiger partial charge < -0.3 is 24.8 Å².